The average Bonchev–Trinajstić information content (AvgIpc) is 2.75. The molecule has 1 fully saturated rings. The number of fused-ring (bicyclic) bond motifs is 1. The number of phenolic OH excluding ortho intramolecular Hbond substituents is 1. The van der Waals surface area contributed by atoms with Crippen LogP contribution in [-0.4, -0.2) is 32.7 Å². The van der Waals surface area contributed by atoms with Gasteiger partial charge >= 0.3 is 6.18 Å². The second-order valence-corrected chi connectivity index (χ2v) is 8.21. The van der Waals surface area contributed by atoms with Crippen LogP contribution in [0.25, 0.3) is 10.9 Å². The van der Waals surface area contributed by atoms with Gasteiger partial charge in [-0.2, -0.15) is 13.2 Å². The highest BCUT2D eigenvalue weighted by Gasteiger charge is 2.34. The highest BCUT2D eigenvalue weighted by atomic mass is 32.2. The molecule has 0 spiro atoms. The summed E-state index contributed by atoms with van der Waals surface area (Å²) < 4.78 is 39.7. The Morgan fingerprint density at radius 2 is 1.88 bits per heavy atom. The van der Waals surface area contributed by atoms with Gasteiger partial charge in [-0.25, -0.2) is 5.01 Å². The van der Waals surface area contributed by atoms with Crippen molar-refractivity contribution < 1.29 is 27.9 Å². The first-order valence-electron chi connectivity index (χ1n) is 9.42. The van der Waals surface area contributed by atoms with Crippen molar-refractivity contribution in [3.05, 3.63) is 75.6 Å². The second kappa shape index (κ2) is 8.23. The maximum absolute atomic E-state index is 13.2. The molecule has 4 rings (SSSR count). The Morgan fingerprint density at radius 1 is 1.16 bits per heavy atom. The zero-order valence-electron chi connectivity index (χ0n) is 16.3. The zero-order chi connectivity index (χ0) is 23.0. The Morgan fingerprint density at radius 3 is 2.56 bits per heavy atom. The summed E-state index contributed by atoms with van der Waals surface area (Å²) in [5.41, 5.74) is 0.303. The lowest BCUT2D eigenvalue weighted by molar-refractivity contribution is -0.136. The van der Waals surface area contributed by atoms with Crippen LogP contribution in [-0.2, 0) is 11.0 Å². The van der Waals surface area contributed by atoms with E-state index in [1.807, 2.05) is 0 Å². The van der Waals surface area contributed by atoms with Crippen LogP contribution in [0.4, 0.5) is 13.2 Å². The minimum absolute atomic E-state index is 0.0393. The van der Waals surface area contributed by atoms with E-state index >= 15 is 0 Å². The summed E-state index contributed by atoms with van der Waals surface area (Å²) in [7, 11) is 0. The van der Waals surface area contributed by atoms with E-state index in [4.69, 9.17) is 0 Å². The maximum Gasteiger partial charge on any atom is 0.418 e. The molecule has 1 aliphatic heterocycles. The van der Waals surface area contributed by atoms with Crippen LogP contribution in [0.1, 0.15) is 33.3 Å². The van der Waals surface area contributed by atoms with Gasteiger partial charge in [0, 0.05) is 23.8 Å². The molecule has 1 aromatic heterocycles. The number of nitrogens with one attached hydrogen (secondary N) is 2. The predicted octanol–water partition coefficient (Wildman–Crippen LogP) is 3.56. The van der Waals surface area contributed by atoms with E-state index in [9.17, 15) is 32.7 Å². The van der Waals surface area contributed by atoms with Gasteiger partial charge in [-0.1, -0.05) is 18.2 Å². The van der Waals surface area contributed by atoms with Gasteiger partial charge in [-0.15, -0.1) is 11.8 Å². The van der Waals surface area contributed by atoms with Crippen molar-refractivity contribution in [3.8, 4) is 5.75 Å². The molecular formula is C21H16F3N3O4S. The van der Waals surface area contributed by atoms with Gasteiger partial charge in [0.15, 0.2) is 0 Å². The number of phenols is 1. The summed E-state index contributed by atoms with van der Waals surface area (Å²) in [6, 6.07) is 9.22. The third-order valence-electron chi connectivity index (χ3n) is 4.96. The molecule has 166 valence electrons. The number of nitrogens with zero attached hydrogens (tertiary/aromatic N) is 1. The number of H-pyrrole nitrogens is 1. The lowest BCUT2D eigenvalue weighted by Gasteiger charge is -2.35. The van der Waals surface area contributed by atoms with Gasteiger partial charge in [0.05, 0.1) is 11.1 Å². The second-order valence-electron chi connectivity index (χ2n) is 7.03. The SMILES string of the molecule is O=C(NN1C(=O)CCSC1c1ccc(O)cc1)c1c[nH]c2c(C(F)(F)F)cccc2c1=O. The number of benzene rings is 2. The molecule has 2 amide bonds. The molecule has 1 atom stereocenters. The number of hydrogen-bond acceptors (Lipinski definition) is 5. The van der Waals surface area contributed by atoms with Crippen molar-refractivity contribution in [2.45, 2.75) is 18.0 Å². The van der Waals surface area contributed by atoms with Crippen LogP contribution in [0.3, 0.4) is 0 Å². The molecule has 2 aromatic carbocycles. The van der Waals surface area contributed by atoms with E-state index in [1.165, 1.54) is 30.0 Å². The molecule has 1 aliphatic rings. The summed E-state index contributed by atoms with van der Waals surface area (Å²) in [6.45, 7) is 0. The van der Waals surface area contributed by atoms with Gasteiger partial charge in [0.1, 0.15) is 16.7 Å². The van der Waals surface area contributed by atoms with E-state index in [1.54, 1.807) is 12.1 Å². The van der Waals surface area contributed by atoms with Gasteiger partial charge in [-0.05, 0) is 29.8 Å². The van der Waals surface area contributed by atoms with E-state index in [0.717, 1.165) is 23.3 Å². The van der Waals surface area contributed by atoms with E-state index in [0.29, 0.717) is 11.3 Å². The van der Waals surface area contributed by atoms with Crippen molar-refractivity contribution in [2.24, 2.45) is 0 Å². The van der Waals surface area contributed by atoms with Crippen molar-refractivity contribution in [1.29, 1.82) is 0 Å². The number of aromatic hydroxyl groups is 1. The summed E-state index contributed by atoms with van der Waals surface area (Å²) >= 11 is 1.38. The molecule has 2 heterocycles. The number of halogens is 3. The van der Waals surface area contributed by atoms with Crippen LogP contribution in [0, 0.1) is 0 Å². The van der Waals surface area contributed by atoms with E-state index < -0.39 is 39.5 Å². The fraction of sp³-hybridized carbons (Fsp3) is 0.190. The fourth-order valence-corrected chi connectivity index (χ4v) is 4.60. The van der Waals surface area contributed by atoms with E-state index in [-0.39, 0.29) is 23.5 Å². The van der Waals surface area contributed by atoms with Crippen LogP contribution < -0.4 is 10.9 Å². The van der Waals surface area contributed by atoms with Gasteiger partial charge < -0.3 is 10.1 Å². The molecule has 3 aromatic rings. The molecule has 0 radical (unpaired) electrons. The highest BCUT2D eigenvalue weighted by Crippen LogP contribution is 2.37. The molecule has 32 heavy (non-hydrogen) atoms. The fourth-order valence-electron chi connectivity index (χ4n) is 3.42. The molecule has 0 saturated carbocycles. The number of carbonyl (C=O) groups is 2. The lowest BCUT2D eigenvalue weighted by atomic mass is 10.1. The third-order valence-corrected chi connectivity index (χ3v) is 6.20. The number of hydrogen-bond donors (Lipinski definition) is 3. The summed E-state index contributed by atoms with van der Waals surface area (Å²) in [4.78, 5) is 40.5. The molecule has 11 heteroatoms. The van der Waals surface area contributed by atoms with Crippen LogP contribution >= 0.6 is 11.8 Å². The largest absolute Gasteiger partial charge is 0.508 e. The molecule has 7 nitrogen and oxygen atoms in total. The van der Waals surface area contributed by atoms with Crippen molar-refractivity contribution in [2.75, 3.05) is 5.75 Å². The summed E-state index contributed by atoms with van der Waals surface area (Å²) in [5.74, 6) is -0.762. The van der Waals surface area contributed by atoms with Gasteiger partial charge in [0.2, 0.25) is 11.3 Å². The number of carbonyl (C=O) groups excluding carboxylic acids is 2. The van der Waals surface area contributed by atoms with Crippen molar-refractivity contribution in [1.82, 2.24) is 15.4 Å². The summed E-state index contributed by atoms with van der Waals surface area (Å²) in [6.07, 6.45) is -3.62. The molecule has 1 saturated heterocycles. The first-order valence-corrected chi connectivity index (χ1v) is 10.5. The predicted molar refractivity (Wildman–Crippen MR) is 112 cm³/mol. The van der Waals surface area contributed by atoms with Crippen LogP contribution in [0.2, 0.25) is 0 Å². The minimum Gasteiger partial charge on any atom is -0.508 e. The van der Waals surface area contributed by atoms with Gasteiger partial charge in [-0.3, -0.25) is 19.8 Å². The average molecular weight is 463 g/mol. The smallest absolute Gasteiger partial charge is 0.418 e. The Bertz CT molecular complexity index is 1260. The number of para-hydroxylation sites is 1. The monoisotopic (exact) mass is 463 g/mol. The van der Waals surface area contributed by atoms with Gasteiger partial charge in [0.25, 0.3) is 5.91 Å². The number of thioether (sulfide) groups is 1. The number of aromatic amines is 1. The molecule has 0 bridgehead atoms. The molecular weight excluding hydrogens is 447 g/mol. The van der Waals surface area contributed by atoms with Crippen molar-refractivity contribution >= 4 is 34.5 Å². The highest BCUT2D eigenvalue weighted by molar-refractivity contribution is 7.99. The standard InChI is InChI=1S/C21H16F3N3O4S/c22-21(23,24)15-3-1-2-13-17(15)25-10-14(18(13)30)19(31)26-27-16(29)8-9-32-20(27)11-4-6-12(28)7-5-11/h1-7,10,20,28H,8-9H2,(H,25,30)(H,26,31). The van der Waals surface area contributed by atoms with E-state index in [2.05, 4.69) is 10.4 Å². The Kier molecular flexibility index (Phi) is 5.59. The third kappa shape index (κ3) is 4.03. The Hall–Kier alpha value is -3.47. The number of amides is 2. The molecule has 1 unspecified atom stereocenters. The number of aromatic nitrogens is 1. The quantitative estimate of drug-likeness (QED) is 0.551. The summed E-state index contributed by atoms with van der Waals surface area (Å²) in [5, 5.41) is 9.69. The Labute approximate surface area is 183 Å². The molecule has 3 N–H and O–H groups in total. The normalized spacial score (nSPS) is 16.9. The van der Waals surface area contributed by atoms with Crippen LogP contribution in [0.15, 0.2) is 53.5 Å². The number of rotatable bonds is 3. The Balaban J connectivity index is 1.68. The number of pyridine rings is 1. The lowest BCUT2D eigenvalue weighted by Crippen LogP contribution is -2.50. The zero-order valence-corrected chi connectivity index (χ0v) is 17.1. The number of alkyl halides is 3. The first kappa shape index (κ1) is 21.8. The minimum atomic E-state index is -4.68. The maximum atomic E-state index is 13.2. The van der Waals surface area contributed by atoms with Crippen LogP contribution in [0.5, 0.6) is 5.75 Å². The topological polar surface area (TPSA) is 102 Å². The molecule has 0 aliphatic carbocycles. The first-order chi connectivity index (χ1) is 15.2. The number of hydrazine groups is 1. The van der Waals surface area contributed by atoms with Crippen molar-refractivity contribution in [3.63, 3.8) is 0 Å².